The van der Waals surface area contributed by atoms with Crippen molar-refractivity contribution in [1.82, 2.24) is 20.0 Å². The predicted molar refractivity (Wildman–Crippen MR) is 107 cm³/mol. The van der Waals surface area contributed by atoms with Crippen LogP contribution < -0.4 is 9.47 Å². The van der Waals surface area contributed by atoms with Crippen LogP contribution in [-0.4, -0.2) is 77.5 Å². The van der Waals surface area contributed by atoms with Gasteiger partial charge >= 0.3 is 0 Å². The van der Waals surface area contributed by atoms with Crippen molar-refractivity contribution in [2.75, 3.05) is 40.4 Å². The first kappa shape index (κ1) is 20.4. The summed E-state index contributed by atoms with van der Waals surface area (Å²) >= 11 is 2.83. The van der Waals surface area contributed by atoms with E-state index >= 15 is 0 Å². The number of methoxy groups -OCH3 is 2. The highest BCUT2D eigenvalue weighted by atomic mass is 32.2. The van der Waals surface area contributed by atoms with Gasteiger partial charge in [0.05, 0.1) is 19.5 Å². The average molecular weight is 423 g/mol. The lowest BCUT2D eigenvalue weighted by molar-refractivity contribution is -0.131. The summed E-state index contributed by atoms with van der Waals surface area (Å²) in [6.45, 7) is 3.89. The summed E-state index contributed by atoms with van der Waals surface area (Å²) in [5.74, 6) is 1.07. The Kier molecular flexibility index (Phi) is 6.74. The van der Waals surface area contributed by atoms with E-state index in [1.54, 1.807) is 40.6 Å². The van der Waals surface area contributed by atoms with Gasteiger partial charge in [0.2, 0.25) is 5.91 Å². The third kappa shape index (κ3) is 4.56. The van der Waals surface area contributed by atoms with E-state index in [1.165, 1.54) is 30.2 Å². The van der Waals surface area contributed by atoms with Crippen LogP contribution in [0.5, 0.6) is 11.5 Å². The predicted octanol–water partition coefficient (Wildman–Crippen LogP) is 2.02. The fraction of sp³-hybridized carbons (Fsp3) is 0.444. The number of nitrogens with zero attached hydrogens (tertiary/aromatic N) is 4. The quantitative estimate of drug-likeness (QED) is 0.659. The van der Waals surface area contributed by atoms with Gasteiger partial charge in [0.25, 0.3) is 5.91 Å². The molecule has 2 aromatic rings. The molecule has 3 rings (SSSR count). The van der Waals surface area contributed by atoms with Crippen LogP contribution in [0.25, 0.3) is 0 Å². The van der Waals surface area contributed by atoms with Crippen LogP contribution in [0.4, 0.5) is 0 Å². The molecule has 0 aliphatic carbocycles. The number of hydrogen-bond donors (Lipinski definition) is 0. The van der Waals surface area contributed by atoms with E-state index in [0.29, 0.717) is 43.2 Å². The molecule has 0 N–H and O–H groups in total. The number of amides is 2. The SMILES string of the molecule is COc1ccc(C(=O)N2CCN(C(=O)[C@H](C)Sc3nncs3)CC2)cc1OC. The van der Waals surface area contributed by atoms with E-state index in [9.17, 15) is 9.59 Å². The minimum Gasteiger partial charge on any atom is -0.493 e. The lowest BCUT2D eigenvalue weighted by Gasteiger charge is -2.35. The van der Waals surface area contributed by atoms with Crippen LogP contribution >= 0.6 is 23.1 Å². The van der Waals surface area contributed by atoms with Gasteiger partial charge in [-0.1, -0.05) is 23.1 Å². The summed E-state index contributed by atoms with van der Waals surface area (Å²) in [7, 11) is 3.09. The highest BCUT2D eigenvalue weighted by Crippen LogP contribution is 2.28. The normalized spacial score (nSPS) is 15.2. The summed E-state index contributed by atoms with van der Waals surface area (Å²) < 4.78 is 11.3. The molecule has 1 aromatic heterocycles. The molecule has 2 heterocycles. The van der Waals surface area contributed by atoms with Crippen molar-refractivity contribution >= 4 is 34.9 Å². The van der Waals surface area contributed by atoms with Crippen LogP contribution in [0.2, 0.25) is 0 Å². The minimum absolute atomic E-state index is 0.0541. The van der Waals surface area contributed by atoms with Gasteiger partial charge in [0.1, 0.15) is 5.51 Å². The third-order valence-electron chi connectivity index (χ3n) is 4.47. The molecule has 0 unspecified atom stereocenters. The Morgan fingerprint density at radius 1 is 1.11 bits per heavy atom. The second kappa shape index (κ2) is 9.24. The summed E-state index contributed by atoms with van der Waals surface area (Å²) in [6, 6.07) is 5.12. The van der Waals surface area contributed by atoms with Crippen molar-refractivity contribution in [3.63, 3.8) is 0 Å². The zero-order valence-corrected chi connectivity index (χ0v) is 17.6. The van der Waals surface area contributed by atoms with Gasteiger partial charge < -0.3 is 19.3 Å². The van der Waals surface area contributed by atoms with Crippen LogP contribution in [0.1, 0.15) is 17.3 Å². The van der Waals surface area contributed by atoms with Crippen LogP contribution in [0.15, 0.2) is 28.0 Å². The molecule has 1 fully saturated rings. The Balaban J connectivity index is 1.57. The second-order valence-corrected chi connectivity index (χ2v) is 8.57. The van der Waals surface area contributed by atoms with Crippen LogP contribution in [0, 0.1) is 0 Å². The van der Waals surface area contributed by atoms with Gasteiger partial charge in [0, 0.05) is 31.7 Å². The maximum atomic E-state index is 12.8. The Morgan fingerprint density at radius 2 is 1.79 bits per heavy atom. The summed E-state index contributed by atoms with van der Waals surface area (Å²) in [4.78, 5) is 29.0. The first-order chi connectivity index (χ1) is 13.5. The monoisotopic (exact) mass is 422 g/mol. The van der Waals surface area contributed by atoms with E-state index in [1.807, 2.05) is 6.92 Å². The molecular weight excluding hydrogens is 400 g/mol. The zero-order valence-electron chi connectivity index (χ0n) is 16.0. The van der Waals surface area contributed by atoms with Crippen LogP contribution in [-0.2, 0) is 4.79 Å². The van der Waals surface area contributed by atoms with Crippen molar-refractivity contribution in [1.29, 1.82) is 0 Å². The van der Waals surface area contributed by atoms with Gasteiger partial charge in [0.15, 0.2) is 15.8 Å². The molecule has 0 bridgehead atoms. The van der Waals surface area contributed by atoms with Crippen molar-refractivity contribution in [3.8, 4) is 11.5 Å². The number of ether oxygens (including phenoxy) is 2. The summed E-state index contributed by atoms with van der Waals surface area (Å²) in [5.41, 5.74) is 2.19. The maximum absolute atomic E-state index is 12.8. The van der Waals surface area contributed by atoms with E-state index in [2.05, 4.69) is 10.2 Å². The topological polar surface area (TPSA) is 84.9 Å². The van der Waals surface area contributed by atoms with Gasteiger partial charge in [-0.15, -0.1) is 10.2 Å². The number of carbonyl (C=O) groups excluding carboxylic acids is 2. The van der Waals surface area contributed by atoms with Gasteiger partial charge in [-0.25, -0.2) is 0 Å². The van der Waals surface area contributed by atoms with Crippen molar-refractivity contribution < 1.29 is 19.1 Å². The van der Waals surface area contributed by atoms with Crippen molar-refractivity contribution in [2.24, 2.45) is 0 Å². The zero-order chi connectivity index (χ0) is 20.1. The number of carbonyl (C=O) groups is 2. The standard InChI is InChI=1S/C18H22N4O4S2/c1-12(28-18-20-19-11-27-18)16(23)21-6-8-22(9-7-21)17(24)13-4-5-14(25-2)15(10-13)26-3/h4-5,10-12H,6-9H2,1-3H3/t12-/m0/s1. The molecule has 150 valence electrons. The van der Waals surface area contributed by atoms with E-state index in [0.717, 1.165) is 4.34 Å². The van der Waals surface area contributed by atoms with E-state index < -0.39 is 0 Å². The molecule has 0 radical (unpaired) electrons. The maximum Gasteiger partial charge on any atom is 0.254 e. The van der Waals surface area contributed by atoms with E-state index in [4.69, 9.17) is 9.47 Å². The highest BCUT2D eigenvalue weighted by Gasteiger charge is 2.28. The molecule has 1 aliphatic rings. The average Bonchev–Trinajstić information content (AvgIpc) is 3.25. The Bertz CT molecular complexity index is 823. The fourth-order valence-corrected chi connectivity index (χ4v) is 4.66. The first-order valence-electron chi connectivity index (χ1n) is 8.76. The lowest BCUT2D eigenvalue weighted by atomic mass is 10.1. The molecule has 1 atom stereocenters. The molecule has 8 nitrogen and oxygen atoms in total. The third-order valence-corrected chi connectivity index (χ3v) is 6.37. The number of aromatic nitrogens is 2. The number of piperazine rings is 1. The van der Waals surface area contributed by atoms with Gasteiger partial charge in [-0.05, 0) is 25.1 Å². The van der Waals surface area contributed by atoms with Crippen molar-refractivity contribution in [3.05, 3.63) is 29.3 Å². The number of benzene rings is 1. The Hall–Kier alpha value is -2.33. The highest BCUT2D eigenvalue weighted by molar-refractivity contribution is 8.02. The molecule has 1 saturated heterocycles. The molecule has 0 spiro atoms. The first-order valence-corrected chi connectivity index (χ1v) is 10.5. The molecule has 10 heteroatoms. The smallest absolute Gasteiger partial charge is 0.254 e. The fourth-order valence-electron chi connectivity index (χ4n) is 2.95. The number of rotatable bonds is 6. The van der Waals surface area contributed by atoms with Gasteiger partial charge in [-0.3, -0.25) is 9.59 Å². The largest absolute Gasteiger partial charge is 0.493 e. The minimum atomic E-state index is -0.235. The molecule has 28 heavy (non-hydrogen) atoms. The molecular formula is C18H22N4O4S2. The van der Waals surface area contributed by atoms with E-state index in [-0.39, 0.29) is 17.1 Å². The molecule has 1 aromatic carbocycles. The molecule has 0 saturated carbocycles. The Morgan fingerprint density at radius 3 is 2.39 bits per heavy atom. The lowest BCUT2D eigenvalue weighted by Crippen LogP contribution is -2.52. The summed E-state index contributed by atoms with van der Waals surface area (Å²) in [5, 5.41) is 7.52. The molecule has 1 aliphatic heterocycles. The molecule has 2 amide bonds. The second-order valence-electron chi connectivity index (χ2n) is 6.15. The number of thioether (sulfide) groups is 1. The Labute approximate surface area is 171 Å². The summed E-state index contributed by atoms with van der Waals surface area (Å²) in [6.07, 6.45) is 0. The number of hydrogen-bond acceptors (Lipinski definition) is 8. The van der Waals surface area contributed by atoms with Crippen molar-refractivity contribution in [2.45, 2.75) is 16.5 Å². The van der Waals surface area contributed by atoms with Crippen LogP contribution in [0.3, 0.4) is 0 Å². The van der Waals surface area contributed by atoms with Gasteiger partial charge in [-0.2, -0.15) is 0 Å².